The molecule has 0 spiro atoms. The van der Waals surface area contributed by atoms with E-state index >= 15 is 0 Å². The zero-order chi connectivity index (χ0) is 15.6. The zero-order valence-corrected chi connectivity index (χ0v) is 12.6. The molecule has 2 atom stereocenters. The molecule has 1 aromatic carbocycles. The van der Waals surface area contributed by atoms with Gasteiger partial charge in [-0.05, 0) is 26.3 Å². The van der Waals surface area contributed by atoms with Gasteiger partial charge in [0.15, 0.2) is 0 Å². The quantitative estimate of drug-likeness (QED) is 0.909. The van der Waals surface area contributed by atoms with Crippen molar-refractivity contribution in [1.29, 1.82) is 0 Å². The van der Waals surface area contributed by atoms with Crippen LogP contribution in [0.4, 0.5) is 4.79 Å². The third-order valence-corrected chi connectivity index (χ3v) is 3.52. The van der Waals surface area contributed by atoms with Crippen molar-refractivity contribution in [3.8, 4) is 0 Å². The lowest BCUT2D eigenvalue weighted by Crippen LogP contribution is -2.35. The molecule has 1 saturated heterocycles. The lowest BCUT2D eigenvalue weighted by atomic mass is 9.89. The van der Waals surface area contributed by atoms with Gasteiger partial charge in [0.2, 0.25) is 0 Å². The second kappa shape index (κ2) is 5.76. The number of carbonyl (C=O) groups excluding carboxylic acids is 1. The first-order valence-electron chi connectivity index (χ1n) is 7.03. The molecule has 0 saturated carbocycles. The number of likely N-dealkylation sites (tertiary alicyclic amines) is 1. The SMILES string of the molecule is CC(C)(C)OC(=O)N1C[C@H](C(=O)O)[C@@H](c2ccccc2)C1. The molecule has 1 aliphatic rings. The second-order valence-electron chi connectivity index (χ2n) is 6.35. The first-order valence-corrected chi connectivity index (χ1v) is 7.03. The molecule has 1 aromatic rings. The summed E-state index contributed by atoms with van der Waals surface area (Å²) in [5.74, 6) is -1.67. The summed E-state index contributed by atoms with van der Waals surface area (Å²) in [5.41, 5.74) is 0.358. The minimum absolute atomic E-state index is 0.184. The van der Waals surface area contributed by atoms with Crippen LogP contribution in [-0.4, -0.2) is 40.8 Å². The molecule has 0 aliphatic carbocycles. The predicted molar refractivity (Wildman–Crippen MR) is 78.1 cm³/mol. The summed E-state index contributed by atoms with van der Waals surface area (Å²) in [6, 6.07) is 9.45. The fourth-order valence-corrected chi connectivity index (χ4v) is 2.57. The van der Waals surface area contributed by atoms with Crippen molar-refractivity contribution >= 4 is 12.1 Å². The van der Waals surface area contributed by atoms with Crippen molar-refractivity contribution in [2.24, 2.45) is 5.92 Å². The third kappa shape index (κ3) is 3.74. The van der Waals surface area contributed by atoms with E-state index in [1.165, 1.54) is 4.90 Å². The molecular weight excluding hydrogens is 270 g/mol. The average Bonchev–Trinajstić information content (AvgIpc) is 2.83. The molecule has 0 radical (unpaired) electrons. The van der Waals surface area contributed by atoms with Crippen LogP contribution >= 0.6 is 0 Å². The number of aliphatic carboxylic acids is 1. The van der Waals surface area contributed by atoms with E-state index in [-0.39, 0.29) is 12.5 Å². The van der Waals surface area contributed by atoms with Crippen LogP contribution in [-0.2, 0) is 9.53 Å². The molecule has 1 aliphatic heterocycles. The maximum Gasteiger partial charge on any atom is 0.410 e. The van der Waals surface area contributed by atoms with Crippen molar-refractivity contribution < 1.29 is 19.4 Å². The van der Waals surface area contributed by atoms with Crippen molar-refractivity contribution in [1.82, 2.24) is 4.90 Å². The van der Waals surface area contributed by atoms with Crippen molar-refractivity contribution in [3.05, 3.63) is 35.9 Å². The van der Waals surface area contributed by atoms with Gasteiger partial charge in [-0.1, -0.05) is 30.3 Å². The van der Waals surface area contributed by atoms with Gasteiger partial charge in [-0.3, -0.25) is 4.79 Å². The molecule has 5 heteroatoms. The van der Waals surface area contributed by atoms with Gasteiger partial charge in [0.05, 0.1) is 5.92 Å². The molecule has 1 fully saturated rings. The van der Waals surface area contributed by atoms with E-state index in [1.54, 1.807) is 20.8 Å². The summed E-state index contributed by atoms with van der Waals surface area (Å²) in [6.45, 7) is 5.94. The van der Waals surface area contributed by atoms with Crippen molar-refractivity contribution in [2.45, 2.75) is 32.3 Å². The number of hydrogen-bond donors (Lipinski definition) is 1. The molecule has 2 rings (SSSR count). The predicted octanol–water partition coefficient (Wildman–Crippen LogP) is 2.72. The van der Waals surface area contributed by atoms with Gasteiger partial charge >= 0.3 is 12.1 Å². The Labute approximate surface area is 124 Å². The highest BCUT2D eigenvalue weighted by atomic mass is 16.6. The maximum atomic E-state index is 12.1. The van der Waals surface area contributed by atoms with Gasteiger partial charge in [-0.2, -0.15) is 0 Å². The van der Waals surface area contributed by atoms with E-state index in [0.717, 1.165) is 5.56 Å². The molecule has 5 nitrogen and oxygen atoms in total. The molecule has 1 N–H and O–H groups in total. The van der Waals surface area contributed by atoms with Crippen LogP contribution in [0.15, 0.2) is 30.3 Å². The highest BCUT2D eigenvalue weighted by Crippen LogP contribution is 2.33. The highest BCUT2D eigenvalue weighted by molar-refractivity contribution is 5.75. The zero-order valence-electron chi connectivity index (χ0n) is 12.6. The van der Waals surface area contributed by atoms with E-state index in [9.17, 15) is 14.7 Å². The number of amides is 1. The second-order valence-corrected chi connectivity index (χ2v) is 6.35. The fourth-order valence-electron chi connectivity index (χ4n) is 2.57. The number of benzene rings is 1. The molecule has 0 unspecified atom stereocenters. The lowest BCUT2D eigenvalue weighted by molar-refractivity contribution is -0.141. The molecule has 1 heterocycles. The van der Waals surface area contributed by atoms with Gasteiger partial charge in [0.25, 0.3) is 0 Å². The van der Waals surface area contributed by atoms with Gasteiger partial charge in [0, 0.05) is 19.0 Å². The average molecular weight is 291 g/mol. The Morgan fingerprint density at radius 1 is 1.19 bits per heavy atom. The van der Waals surface area contributed by atoms with Gasteiger partial charge in [-0.15, -0.1) is 0 Å². The van der Waals surface area contributed by atoms with Crippen LogP contribution < -0.4 is 0 Å². The van der Waals surface area contributed by atoms with E-state index in [2.05, 4.69) is 0 Å². The molecule has 21 heavy (non-hydrogen) atoms. The first kappa shape index (κ1) is 15.4. The standard InChI is InChI=1S/C16H21NO4/c1-16(2,3)21-15(20)17-9-12(13(10-17)14(18)19)11-7-5-4-6-8-11/h4-8,12-13H,9-10H2,1-3H3,(H,18,19)/t12-,13+/m1/s1. The minimum Gasteiger partial charge on any atom is -0.481 e. The number of carbonyl (C=O) groups is 2. The van der Waals surface area contributed by atoms with Gasteiger partial charge < -0.3 is 14.7 Å². The molecule has 0 aromatic heterocycles. The van der Waals surface area contributed by atoms with E-state index in [0.29, 0.717) is 6.54 Å². The fraction of sp³-hybridized carbons (Fsp3) is 0.500. The summed E-state index contributed by atoms with van der Waals surface area (Å²) < 4.78 is 5.33. The number of ether oxygens (including phenoxy) is 1. The summed E-state index contributed by atoms with van der Waals surface area (Å²) in [6.07, 6.45) is -0.452. The van der Waals surface area contributed by atoms with Crippen molar-refractivity contribution in [3.63, 3.8) is 0 Å². The Bertz CT molecular complexity index is 521. The largest absolute Gasteiger partial charge is 0.481 e. The summed E-state index contributed by atoms with van der Waals surface area (Å²) in [4.78, 5) is 25.1. The Morgan fingerprint density at radius 3 is 2.33 bits per heavy atom. The Balaban J connectivity index is 2.16. The van der Waals surface area contributed by atoms with E-state index < -0.39 is 23.6 Å². The minimum atomic E-state index is -0.880. The van der Waals surface area contributed by atoms with Crippen LogP contribution in [0.3, 0.4) is 0 Å². The Kier molecular flexibility index (Phi) is 4.21. The topological polar surface area (TPSA) is 66.8 Å². The lowest BCUT2D eigenvalue weighted by Gasteiger charge is -2.24. The number of rotatable bonds is 2. The van der Waals surface area contributed by atoms with Crippen LogP contribution in [0.2, 0.25) is 0 Å². The summed E-state index contributed by atoms with van der Waals surface area (Å²) in [5, 5.41) is 9.40. The van der Waals surface area contributed by atoms with Crippen LogP contribution in [0, 0.1) is 5.92 Å². The number of hydrogen-bond acceptors (Lipinski definition) is 3. The van der Waals surface area contributed by atoms with Gasteiger partial charge in [0.1, 0.15) is 5.60 Å². The Hall–Kier alpha value is -2.04. The first-order chi connectivity index (χ1) is 9.78. The van der Waals surface area contributed by atoms with Gasteiger partial charge in [-0.25, -0.2) is 4.79 Å². The smallest absolute Gasteiger partial charge is 0.410 e. The highest BCUT2D eigenvalue weighted by Gasteiger charge is 2.41. The van der Waals surface area contributed by atoms with Crippen LogP contribution in [0.25, 0.3) is 0 Å². The summed E-state index contributed by atoms with van der Waals surface area (Å²) in [7, 11) is 0. The number of carboxylic acids is 1. The monoisotopic (exact) mass is 291 g/mol. The molecule has 114 valence electrons. The molecule has 1 amide bonds. The third-order valence-electron chi connectivity index (χ3n) is 3.52. The van der Waals surface area contributed by atoms with E-state index in [4.69, 9.17) is 4.74 Å². The molecule has 0 bridgehead atoms. The number of carboxylic acid groups (broad SMARTS) is 1. The van der Waals surface area contributed by atoms with Crippen LogP contribution in [0.1, 0.15) is 32.3 Å². The van der Waals surface area contributed by atoms with Crippen LogP contribution in [0.5, 0.6) is 0 Å². The number of nitrogens with zero attached hydrogens (tertiary/aromatic N) is 1. The normalized spacial score (nSPS) is 22.1. The van der Waals surface area contributed by atoms with E-state index in [1.807, 2.05) is 30.3 Å². The Morgan fingerprint density at radius 2 is 1.81 bits per heavy atom. The summed E-state index contributed by atoms with van der Waals surface area (Å²) >= 11 is 0. The van der Waals surface area contributed by atoms with Crippen molar-refractivity contribution in [2.75, 3.05) is 13.1 Å². The maximum absolute atomic E-state index is 12.1. The molecular formula is C16H21NO4.